The Balaban J connectivity index is 1.54. The highest BCUT2D eigenvalue weighted by Gasteiger charge is 2.84. The minimum Gasteiger partial charge on any atom is -0.474 e. The average Bonchev–Trinajstić information content (AvgIpc) is 3.52. The van der Waals surface area contributed by atoms with Gasteiger partial charge in [-0.15, -0.1) is 0 Å². The molecule has 1 saturated carbocycles. The number of fused-ring (bicyclic) bond motifs is 2. The molecule has 156 valence electrons. The molecule has 5 rings (SSSR count). The van der Waals surface area contributed by atoms with Crippen molar-refractivity contribution >= 4 is 11.8 Å². The number of para-hydroxylation sites is 1. The quantitative estimate of drug-likeness (QED) is 0.496. The van der Waals surface area contributed by atoms with Gasteiger partial charge in [0.15, 0.2) is 5.78 Å². The molecule has 0 amide bonds. The normalized spacial score (nSPS) is 25.5. The molecule has 5 nitrogen and oxygen atoms in total. The van der Waals surface area contributed by atoms with Gasteiger partial charge in [-0.3, -0.25) is 4.79 Å². The van der Waals surface area contributed by atoms with E-state index < -0.39 is 23.1 Å². The highest BCUT2D eigenvalue weighted by molar-refractivity contribution is 6.10. The third-order valence-corrected chi connectivity index (χ3v) is 6.35. The molecule has 31 heavy (non-hydrogen) atoms. The molecule has 0 radical (unpaired) electrons. The lowest BCUT2D eigenvalue weighted by atomic mass is 9.80. The standard InChI is InChI=1S/C26H22O5/c1-2-30-24(29)26-16-25(26,23(28)20-10-6-7-11-21(20)31-26)22(27)19-14-12-18(13-15-19)17-8-4-3-5-9-17/h3-15,23,28H,2,16H2,1H3/t23-,25+,26+/m1/s1. The first kappa shape index (κ1) is 19.5. The van der Waals surface area contributed by atoms with E-state index in [0.29, 0.717) is 16.9 Å². The summed E-state index contributed by atoms with van der Waals surface area (Å²) in [6.45, 7) is 1.87. The van der Waals surface area contributed by atoms with Gasteiger partial charge in [-0.2, -0.15) is 0 Å². The van der Waals surface area contributed by atoms with Crippen molar-refractivity contribution in [2.75, 3.05) is 6.61 Å². The number of aliphatic hydroxyl groups excluding tert-OH is 1. The minimum atomic E-state index is -1.51. The second kappa shape index (κ2) is 7.06. The largest absolute Gasteiger partial charge is 0.474 e. The fraction of sp³-hybridized carbons (Fsp3) is 0.231. The van der Waals surface area contributed by atoms with Crippen LogP contribution in [-0.4, -0.2) is 29.1 Å². The van der Waals surface area contributed by atoms with Crippen LogP contribution in [0.15, 0.2) is 78.9 Å². The topological polar surface area (TPSA) is 72.8 Å². The van der Waals surface area contributed by atoms with E-state index >= 15 is 0 Å². The van der Waals surface area contributed by atoms with Crippen molar-refractivity contribution in [2.45, 2.75) is 25.0 Å². The zero-order chi connectivity index (χ0) is 21.6. The number of benzene rings is 3. The second-order valence-electron chi connectivity index (χ2n) is 8.01. The summed E-state index contributed by atoms with van der Waals surface area (Å²) >= 11 is 0. The van der Waals surface area contributed by atoms with Crippen LogP contribution in [0.4, 0.5) is 0 Å². The molecule has 3 aromatic carbocycles. The Morgan fingerprint density at radius 2 is 1.61 bits per heavy atom. The Morgan fingerprint density at radius 1 is 0.968 bits per heavy atom. The summed E-state index contributed by atoms with van der Waals surface area (Å²) < 4.78 is 11.3. The number of hydrogen-bond donors (Lipinski definition) is 1. The maximum Gasteiger partial charge on any atom is 0.351 e. The van der Waals surface area contributed by atoms with Crippen LogP contribution in [0.2, 0.25) is 0 Å². The Morgan fingerprint density at radius 3 is 2.32 bits per heavy atom. The number of carbonyl (C=O) groups excluding carboxylic acids is 2. The van der Waals surface area contributed by atoms with Gasteiger partial charge in [0.25, 0.3) is 0 Å². The first-order chi connectivity index (χ1) is 15.0. The van der Waals surface area contributed by atoms with E-state index in [0.717, 1.165) is 11.1 Å². The number of hydrogen-bond acceptors (Lipinski definition) is 5. The molecule has 0 saturated heterocycles. The highest BCUT2D eigenvalue weighted by atomic mass is 16.6. The molecule has 1 aliphatic carbocycles. The number of carbonyl (C=O) groups is 2. The fourth-order valence-corrected chi connectivity index (χ4v) is 4.68. The molecule has 1 fully saturated rings. The van der Waals surface area contributed by atoms with Crippen LogP contribution < -0.4 is 4.74 Å². The zero-order valence-corrected chi connectivity index (χ0v) is 17.1. The smallest absolute Gasteiger partial charge is 0.351 e. The molecular weight excluding hydrogens is 392 g/mol. The van der Waals surface area contributed by atoms with E-state index in [4.69, 9.17) is 9.47 Å². The van der Waals surface area contributed by atoms with Crippen LogP contribution in [-0.2, 0) is 9.53 Å². The van der Waals surface area contributed by atoms with E-state index in [1.165, 1.54) is 0 Å². The van der Waals surface area contributed by atoms with Crippen molar-refractivity contribution in [2.24, 2.45) is 5.41 Å². The van der Waals surface area contributed by atoms with Crippen molar-refractivity contribution in [3.63, 3.8) is 0 Å². The molecule has 0 aromatic heterocycles. The minimum absolute atomic E-state index is 0.0773. The van der Waals surface area contributed by atoms with Gasteiger partial charge in [-0.1, -0.05) is 72.8 Å². The third-order valence-electron chi connectivity index (χ3n) is 6.35. The Bertz CT molecular complexity index is 1150. The van der Waals surface area contributed by atoms with Gasteiger partial charge < -0.3 is 14.6 Å². The second-order valence-corrected chi connectivity index (χ2v) is 8.01. The van der Waals surface area contributed by atoms with Gasteiger partial charge in [-0.05, 0) is 24.1 Å². The molecular formula is C26H22O5. The van der Waals surface area contributed by atoms with E-state index in [1.807, 2.05) is 42.5 Å². The lowest BCUT2D eigenvalue weighted by Crippen LogP contribution is -2.46. The summed E-state index contributed by atoms with van der Waals surface area (Å²) in [7, 11) is 0. The summed E-state index contributed by atoms with van der Waals surface area (Å²) in [5.41, 5.74) is 0.0465. The molecule has 5 heteroatoms. The molecule has 1 aliphatic heterocycles. The monoisotopic (exact) mass is 414 g/mol. The number of ether oxygens (including phenoxy) is 2. The van der Waals surface area contributed by atoms with Gasteiger partial charge in [0.2, 0.25) is 5.60 Å². The van der Waals surface area contributed by atoms with E-state index in [1.54, 1.807) is 43.3 Å². The van der Waals surface area contributed by atoms with Crippen LogP contribution in [0.25, 0.3) is 11.1 Å². The van der Waals surface area contributed by atoms with Crippen molar-refractivity contribution in [3.05, 3.63) is 90.0 Å². The van der Waals surface area contributed by atoms with E-state index in [9.17, 15) is 14.7 Å². The number of aliphatic hydroxyl groups is 1. The van der Waals surface area contributed by atoms with Crippen molar-refractivity contribution in [1.29, 1.82) is 0 Å². The van der Waals surface area contributed by atoms with Crippen molar-refractivity contribution in [1.82, 2.24) is 0 Å². The third kappa shape index (κ3) is 2.73. The summed E-state index contributed by atoms with van der Waals surface area (Å²) in [5, 5.41) is 11.3. The Hall–Kier alpha value is -3.44. The van der Waals surface area contributed by atoms with E-state index in [-0.39, 0.29) is 18.8 Å². The number of esters is 1. The lowest BCUT2D eigenvalue weighted by molar-refractivity contribution is -0.158. The highest BCUT2D eigenvalue weighted by Crippen LogP contribution is 2.70. The van der Waals surface area contributed by atoms with Gasteiger partial charge in [0.05, 0.1) is 6.61 Å². The Kier molecular flexibility index (Phi) is 4.45. The van der Waals surface area contributed by atoms with Gasteiger partial charge in [-0.25, -0.2) is 4.79 Å². The number of ketones is 1. The summed E-state index contributed by atoms with van der Waals surface area (Å²) in [6.07, 6.45) is -1.09. The lowest BCUT2D eigenvalue weighted by Gasteiger charge is -2.34. The predicted molar refractivity (Wildman–Crippen MR) is 115 cm³/mol. The molecule has 1 N–H and O–H groups in total. The summed E-state index contributed by atoms with van der Waals surface area (Å²) in [5.74, 6) is -0.525. The fourth-order valence-electron chi connectivity index (χ4n) is 4.68. The van der Waals surface area contributed by atoms with Crippen LogP contribution in [0.3, 0.4) is 0 Å². The van der Waals surface area contributed by atoms with E-state index in [2.05, 4.69) is 0 Å². The number of Topliss-reactive ketones (excluding diaryl/α,β-unsaturated/α-hetero) is 1. The SMILES string of the molecule is CCOC(=O)[C@@]12C[C@]1(C(=O)c1ccc(-c3ccccc3)cc1)[C@H](O)c1ccccc1O2. The van der Waals surface area contributed by atoms with Gasteiger partial charge >= 0.3 is 5.97 Å². The van der Waals surface area contributed by atoms with Crippen LogP contribution >= 0.6 is 0 Å². The van der Waals surface area contributed by atoms with Crippen LogP contribution in [0.5, 0.6) is 5.75 Å². The zero-order valence-electron chi connectivity index (χ0n) is 17.1. The van der Waals surface area contributed by atoms with Crippen LogP contribution in [0, 0.1) is 5.41 Å². The van der Waals surface area contributed by atoms with Crippen molar-refractivity contribution < 1.29 is 24.2 Å². The Labute approximate surface area is 180 Å². The summed E-state index contributed by atoms with van der Waals surface area (Å²) in [6, 6.07) is 24.0. The predicted octanol–water partition coefficient (Wildman–Crippen LogP) is 4.35. The van der Waals surface area contributed by atoms with Crippen LogP contribution in [0.1, 0.15) is 35.4 Å². The molecule has 0 spiro atoms. The van der Waals surface area contributed by atoms with Crippen molar-refractivity contribution in [3.8, 4) is 16.9 Å². The molecule has 0 unspecified atom stereocenters. The molecule has 0 bridgehead atoms. The molecule has 3 aromatic rings. The first-order valence-electron chi connectivity index (χ1n) is 10.4. The average molecular weight is 414 g/mol. The number of rotatable bonds is 5. The molecule has 2 aliphatic rings. The first-order valence-corrected chi connectivity index (χ1v) is 10.4. The molecule has 3 atom stereocenters. The maximum absolute atomic E-state index is 13.7. The maximum atomic E-state index is 13.7. The van der Waals surface area contributed by atoms with Gasteiger partial charge in [0, 0.05) is 17.5 Å². The summed E-state index contributed by atoms with van der Waals surface area (Å²) in [4.78, 5) is 26.6. The molecule has 1 heterocycles. The van der Waals surface area contributed by atoms with Gasteiger partial charge in [0.1, 0.15) is 17.3 Å².